The van der Waals surface area contributed by atoms with Crippen molar-refractivity contribution < 1.29 is 14.6 Å². The molecule has 0 saturated carbocycles. The van der Waals surface area contributed by atoms with Gasteiger partial charge >= 0.3 is 0 Å². The summed E-state index contributed by atoms with van der Waals surface area (Å²) >= 11 is 0. The number of hydrazone groups is 1. The van der Waals surface area contributed by atoms with E-state index in [4.69, 9.17) is 4.74 Å². The Morgan fingerprint density at radius 2 is 2.00 bits per heavy atom. The third-order valence-corrected chi connectivity index (χ3v) is 4.60. The Bertz CT molecular complexity index is 772. The van der Waals surface area contributed by atoms with Crippen molar-refractivity contribution in [3.05, 3.63) is 65.2 Å². The first-order valence-electron chi connectivity index (χ1n) is 9.11. The lowest BCUT2D eigenvalue weighted by Gasteiger charge is -2.29. The number of piperidine rings is 1. The van der Waals surface area contributed by atoms with E-state index in [0.717, 1.165) is 42.8 Å². The Labute approximate surface area is 159 Å². The predicted octanol–water partition coefficient (Wildman–Crippen LogP) is 2.42. The zero-order valence-electron chi connectivity index (χ0n) is 15.5. The number of β-amino-alcohol motifs (C(OH)–C–C–N with tert-alkyl or cyclic N) is 1. The summed E-state index contributed by atoms with van der Waals surface area (Å²) in [5.41, 5.74) is 5.10. The van der Waals surface area contributed by atoms with E-state index in [0.29, 0.717) is 12.1 Å². The Hall–Kier alpha value is -2.70. The van der Waals surface area contributed by atoms with E-state index < -0.39 is 0 Å². The number of carbonyl (C=O) groups excluding carboxylic acids is 1. The first kappa shape index (κ1) is 19.1. The fraction of sp³-hybridized carbons (Fsp3) is 0.333. The highest BCUT2D eigenvalue weighted by Crippen LogP contribution is 2.14. The van der Waals surface area contributed by atoms with E-state index in [2.05, 4.69) is 15.4 Å². The second kappa shape index (κ2) is 9.30. The molecule has 3 rings (SSSR count). The van der Waals surface area contributed by atoms with Gasteiger partial charge in [-0.25, -0.2) is 5.43 Å². The molecule has 1 unspecified atom stereocenters. The van der Waals surface area contributed by atoms with Gasteiger partial charge in [-0.05, 0) is 66.9 Å². The molecule has 1 fully saturated rings. The molecule has 1 saturated heterocycles. The summed E-state index contributed by atoms with van der Waals surface area (Å²) in [6.45, 7) is 2.50. The number of amides is 1. The number of carbonyl (C=O) groups is 1. The van der Waals surface area contributed by atoms with Crippen LogP contribution in [0.15, 0.2) is 53.6 Å². The molecule has 142 valence electrons. The lowest BCUT2D eigenvalue weighted by atomic mass is 10.1. The van der Waals surface area contributed by atoms with Gasteiger partial charge in [0.1, 0.15) is 5.75 Å². The number of aliphatic hydroxyl groups is 1. The van der Waals surface area contributed by atoms with Gasteiger partial charge in [0.25, 0.3) is 5.91 Å². The smallest absolute Gasteiger partial charge is 0.271 e. The van der Waals surface area contributed by atoms with E-state index in [1.54, 1.807) is 25.5 Å². The number of ether oxygens (including phenoxy) is 1. The summed E-state index contributed by atoms with van der Waals surface area (Å²) in [6, 6.07) is 14.9. The molecule has 1 amide bonds. The highest BCUT2D eigenvalue weighted by molar-refractivity contribution is 5.94. The second-order valence-corrected chi connectivity index (χ2v) is 6.70. The maximum atomic E-state index is 12.2. The molecule has 27 heavy (non-hydrogen) atoms. The van der Waals surface area contributed by atoms with E-state index in [-0.39, 0.29) is 12.0 Å². The number of rotatable bonds is 6. The summed E-state index contributed by atoms with van der Waals surface area (Å²) in [7, 11) is 1.62. The Kier molecular flexibility index (Phi) is 6.57. The summed E-state index contributed by atoms with van der Waals surface area (Å²) in [5, 5.41) is 13.7. The Morgan fingerprint density at radius 3 is 2.67 bits per heavy atom. The molecule has 2 N–H and O–H groups in total. The first-order chi connectivity index (χ1) is 13.1. The zero-order chi connectivity index (χ0) is 19.1. The number of hydrogen-bond acceptors (Lipinski definition) is 5. The second-order valence-electron chi connectivity index (χ2n) is 6.70. The molecular formula is C21H25N3O3. The van der Waals surface area contributed by atoms with Crippen LogP contribution in [0.4, 0.5) is 0 Å². The quantitative estimate of drug-likeness (QED) is 0.607. The number of likely N-dealkylation sites (tertiary alicyclic amines) is 1. The van der Waals surface area contributed by atoms with Crippen LogP contribution in [0, 0.1) is 0 Å². The normalized spacial score (nSPS) is 17.8. The van der Waals surface area contributed by atoms with E-state index >= 15 is 0 Å². The first-order valence-corrected chi connectivity index (χ1v) is 9.11. The summed E-state index contributed by atoms with van der Waals surface area (Å²) < 4.78 is 5.10. The van der Waals surface area contributed by atoms with Crippen LogP contribution in [0.5, 0.6) is 5.75 Å². The van der Waals surface area contributed by atoms with Gasteiger partial charge in [-0.3, -0.25) is 9.69 Å². The van der Waals surface area contributed by atoms with Crippen LogP contribution in [0.2, 0.25) is 0 Å². The monoisotopic (exact) mass is 367 g/mol. The summed E-state index contributed by atoms with van der Waals surface area (Å²) in [6.07, 6.45) is 3.26. The SMILES string of the molecule is COc1ccc(/C=N/NC(=O)c2ccc(CN3CCCC(O)C3)cc2)cc1. The third-order valence-electron chi connectivity index (χ3n) is 4.60. The number of aliphatic hydroxyl groups excluding tert-OH is 1. The minimum absolute atomic E-state index is 0.229. The van der Waals surface area contributed by atoms with Crippen LogP contribution < -0.4 is 10.2 Å². The lowest BCUT2D eigenvalue weighted by Crippen LogP contribution is -2.37. The molecule has 1 heterocycles. The largest absolute Gasteiger partial charge is 0.497 e. The van der Waals surface area contributed by atoms with Crippen LogP contribution in [0.1, 0.15) is 34.3 Å². The minimum atomic E-state index is -0.250. The molecule has 0 spiro atoms. The van der Waals surface area contributed by atoms with Crippen LogP contribution in [0.25, 0.3) is 0 Å². The van der Waals surface area contributed by atoms with Crippen molar-refractivity contribution in [3.63, 3.8) is 0 Å². The zero-order valence-corrected chi connectivity index (χ0v) is 15.5. The van der Waals surface area contributed by atoms with Crippen LogP contribution in [-0.2, 0) is 6.54 Å². The highest BCUT2D eigenvalue weighted by Gasteiger charge is 2.17. The lowest BCUT2D eigenvalue weighted by molar-refractivity contribution is 0.0668. The van der Waals surface area contributed by atoms with Gasteiger partial charge in [0.05, 0.1) is 19.4 Å². The van der Waals surface area contributed by atoms with Crippen molar-refractivity contribution in [2.45, 2.75) is 25.5 Å². The molecule has 0 radical (unpaired) electrons. The van der Waals surface area contributed by atoms with Gasteiger partial charge < -0.3 is 9.84 Å². The van der Waals surface area contributed by atoms with Crippen LogP contribution in [-0.4, -0.2) is 48.4 Å². The molecule has 0 aromatic heterocycles. The molecule has 1 atom stereocenters. The van der Waals surface area contributed by atoms with Crippen molar-refractivity contribution >= 4 is 12.1 Å². The average Bonchev–Trinajstić information content (AvgIpc) is 2.69. The maximum Gasteiger partial charge on any atom is 0.271 e. The Balaban J connectivity index is 1.51. The molecule has 6 nitrogen and oxygen atoms in total. The number of benzene rings is 2. The number of nitrogens with zero attached hydrogens (tertiary/aromatic N) is 2. The van der Waals surface area contributed by atoms with Gasteiger partial charge in [-0.1, -0.05) is 12.1 Å². The van der Waals surface area contributed by atoms with Crippen molar-refractivity contribution in [3.8, 4) is 5.75 Å². The third kappa shape index (κ3) is 5.64. The number of nitrogens with one attached hydrogen (secondary N) is 1. The fourth-order valence-electron chi connectivity index (χ4n) is 3.11. The molecule has 0 bridgehead atoms. The molecule has 2 aromatic carbocycles. The van der Waals surface area contributed by atoms with E-state index in [1.165, 1.54) is 0 Å². The topological polar surface area (TPSA) is 74.2 Å². The number of methoxy groups -OCH3 is 1. The summed E-state index contributed by atoms with van der Waals surface area (Å²) in [5.74, 6) is 0.523. The predicted molar refractivity (Wildman–Crippen MR) is 105 cm³/mol. The van der Waals surface area contributed by atoms with Gasteiger partial charge in [0, 0.05) is 18.7 Å². The van der Waals surface area contributed by atoms with Crippen LogP contribution in [0.3, 0.4) is 0 Å². The molecule has 1 aliphatic rings. The number of hydrogen-bond donors (Lipinski definition) is 2. The average molecular weight is 367 g/mol. The highest BCUT2D eigenvalue weighted by atomic mass is 16.5. The minimum Gasteiger partial charge on any atom is -0.497 e. The van der Waals surface area contributed by atoms with Crippen molar-refractivity contribution in [2.75, 3.05) is 20.2 Å². The van der Waals surface area contributed by atoms with Crippen LogP contribution >= 0.6 is 0 Å². The van der Waals surface area contributed by atoms with Gasteiger partial charge in [0.2, 0.25) is 0 Å². The van der Waals surface area contributed by atoms with Gasteiger partial charge in [-0.15, -0.1) is 0 Å². The molecule has 0 aliphatic carbocycles. The van der Waals surface area contributed by atoms with Crippen molar-refractivity contribution in [1.82, 2.24) is 10.3 Å². The Morgan fingerprint density at radius 1 is 1.26 bits per heavy atom. The molecule has 2 aromatic rings. The van der Waals surface area contributed by atoms with Crippen molar-refractivity contribution in [2.24, 2.45) is 5.10 Å². The van der Waals surface area contributed by atoms with Gasteiger partial charge in [-0.2, -0.15) is 5.10 Å². The van der Waals surface area contributed by atoms with E-state index in [9.17, 15) is 9.90 Å². The molecule has 6 heteroatoms. The molecule has 1 aliphatic heterocycles. The van der Waals surface area contributed by atoms with Crippen molar-refractivity contribution in [1.29, 1.82) is 0 Å². The fourth-order valence-corrected chi connectivity index (χ4v) is 3.11. The van der Waals surface area contributed by atoms with Gasteiger partial charge in [0.15, 0.2) is 0 Å². The van der Waals surface area contributed by atoms with E-state index in [1.807, 2.05) is 36.4 Å². The summed E-state index contributed by atoms with van der Waals surface area (Å²) in [4.78, 5) is 14.4. The maximum absolute atomic E-state index is 12.2. The standard InChI is InChI=1S/C21H25N3O3/c1-27-20-10-6-16(7-11-20)13-22-23-21(26)18-8-4-17(5-9-18)14-24-12-2-3-19(25)15-24/h4-11,13,19,25H,2-3,12,14-15H2,1H3,(H,23,26)/b22-13+. The molecular weight excluding hydrogens is 342 g/mol.